The van der Waals surface area contributed by atoms with E-state index in [2.05, 4.69) is 0 Å². The van der Waals surface area contributed by atoms with E-state index in [-0.39, 0.29) is 17.9 Å². The highest BCUT2D eigenvalue weighted by Gasteiger charge is 2.53. The van der Waals surface area contributed by atoms with E-state index < -0.39 is 20.6 Å². The van der Waals surface area contributed by atoms with Crippen molar-refractivity contribution in [3.8, 4) is 11.1 Å². The van der Waals surface area contributed by atoms with Gasteiger partial charge in [-0.2, -0.15) is 0 Å². The third-order valence-corrected chi connectivity index (χ3v) is 7.87. The first-order valence-corrected chi connectivity index (χ1v) is 12.1. The fraction of sp³-hybridized carbons (Fsp3) is 0.222. The molecule has 3 aromatic carbocycles. The molecule has 0 spiro atoms. The molecule has 1 atom stereocenters. The zero-order valence-electron chi connectivity index (χ0n) is 18.6. The van der Waals surface area contributed by atoms with Crippen molar-refractivity contribution >= 4 is 15.8 Å². The summed E-state index contributed by atoms with van der Waals surface area (Å²) in [4.78, 5) is 13.5. The molecule has 32 heavy (non-hydrogen) atoms. The molecular weight excluding hydrogens is 420 g/mol. The predicted molar refractivity (Wildman–Crippen MR) is 128 cm³/mol. The van der Waals surface area contributed by atoms with E-state index in [0.29, 0.717) is 5.56 Å². The molecule has 0 saturated heterocycles. The standard InChI is InChI=1S/C27H28O4S/c1-4-6-20-27(26(28)31-5-2,32(29,30)25-18-12-21(3)13-19-25)24-16-14-23(15-17-24)22-10-8-7-9-11-22/h4,6-19H,5,20H2,1-3H3/b6-4+. The average molecular weight is 449 g/mol. The molecule has 0 aliphatic heterocycles. The van der Waals surface area contributed by atoms with Gasteiger partial charge in [0.1, 0.15) is 0 Å². The smallest absolute Gasteiger partial charge is 0.332 e. The van der Waals surface area contributed by atoms with Gasteiger partial charge in [0.25, 0.3) is 0 Å². The van der Waals surface area contributed by atoms with Crippen molar-refractivity contribution in [2.24, 2.45) is 0 Å². The van der Waals surface area contributed by atoms with E-state index in [1.54, 1.807) is 62.4 Å². The van der Waals surface area contributed by atoms with Gasteiger partial charge in [-0.1, -0.05) is 84.4 Å². The van der Waals surface area contributed by atoms with Gasteiger partial charge in [0, 0.05) is 6.42 Å². The van der Waals surface area contributed by atoms with Gasteiger partial charge in [0.05, 0.1) is 11.5 Å². The van der Waals surface area contributed by atoms with E-state index in [0.717, 1.165) is 16.7 Å². The number of hydrogen-bond donors (Lipinski definition) is 0. The number of rotatable bonds is 8. The van der Waals surface area contributed by atoms with Crippen LogP contribution in [0.5, 0.6) is 0 Å². The van der Waals surface area contributed by atoms with Crippen molar-refractivity contribution in [1.82, 2.24) is 0 Å². The van der Waals surface area contributed by atoms with E-state index >= 15 is 0 Å². The lowest BCUT2D eigenvalue weighted by atomic mass is 9.92. The Morgan fingerprint density at radius 1 is 0.906 bits per heavy atom. The number of esters is 1. The monoisotopic (exact) mass is 448 g/mol. The van der Waals surface area contributed by atoms with Gasteiger partial charge >= 0.3 is 5.97 Å². The minimum absolute atomic E-state index is 0.0246. The zero-order valence-corrected chi connectivity index (χ0v) is 19.4. The summed E-state index contributed by atoms with van der Waals surface area (Å²) in [5, 5.41) is 0. The zero-order chi connectivity index (χ0) is 23.2. The lowest BCUT2D eigenvalue weighted by Gasteiger charge is -2.31. The van der Waals surface area contributed by atoms with Crippen molar-refractivity contribution in [3.05, 3.63) is 102 Å². The molecule has 166 valence electrons. The highest BCUT2D eigenvalue weighted by molar-refractivity contribution is 7.93. The fourth-order valence-electron chi connectivity index (χ4n) is 3.71. The lowest BCUT2D eigenvalue weighted by molar-refractivity contribution is -0.146. The van der Waals surface area contributed by atoms with E-state index in [1.807, 2.05) is 49.4 Å². The van der Waals surface area contributed by atoms with Crippen LogP contribution in [0.3, 0.4) is 0 Å². The summed E-state index contributed by atoms with van der Waals surface area (Å²) in [6.45, 7) is 5.45. The third kappa shape index (κ3) is 4.39. The summed E-state index contributed by atoms with van der Waals surface area (Å²) in [6.07, 6.45) is 3.42. The molecule has 1 unspecified atom stereocenters. The summed E-state index contributed by atoms with van der Waals surface area (Å²) >= 11 is 0. The van der Waals surface area contributed by atoms with Crippen LogP contribution in [-0.2, 0) is 24.1 Å². The average Bonchev–Trinajstić information content (AvgIpc) is 2.81. The van der Waals surface area contributed by atoms with Gasteiger partial charge in [-0.3, -0.25) is 0 Å². The van der Waals surface area contributed by atoms with Gasteiger partial charge in [-0.05, 0) is 49.6 Å². The Morgan fingerprint density at radius 3 is 2.06 bits per heavy atom. The Kier molecular flexibility index (Phi) is 7.31. The van der Waals surface area contributed by atoms with Gasteiger partial charge in [0.15, 0.2) is 9.84 Å². The Labute approximate surface area is 190 Å². The quantitative estimate of drug-likeness (QED) is 0.320. The van der Waals surface area contributed by atoms with Crippen molar-refractivity contribution in [3.63, 3.8) is 0 Å². The SMILES string of the molecule is C/C=C/CC(C(=O)OCC)(c1ccc(-c2ccccc2)cc1)S(=O)(=O)c1ccc(C)cc1. The van der Waals surface area contributed by atoms with Crippen LogP contribution in [0.15, 0.2) is 95.9 Å². The summed E-state index contributed by atoms with van der Waals surface area (Å²) in [6, 6.07) is 23.5. The number of hydrogen-bond acceptors (Lipinski definition) is 4. The first kappa shape index (κ1) is 23.5. The Bertz CT molecular complexity index is 1180. The van der Waals surface area contributed by atoms with E-state index in [9.17, 15) is 13.2 Å². The van der Waals surface area contributed by atoms with Crippen LogP contribution in [0, 0.1) is 6.92 Å². The molecule has 0 amide bonds. The molecule has 0 heterocycles. The molecule has 0 N–H and O–H groups in total. The number of aryl methyl sites for hydroxylation is 1. The van der Waals surface area contributed by atoms with Crippen LogP contribution in [0.4, 0.5) is 0 Å². The van der Waals surface area contributed by atoms with E-state index in [4.69, 9.17) is 4.74 Å². The molecule has 3 aromatic rings. The maximum Gasteiger partial charge on any atom is 0.332 e. The van der Waals surface area contributed by atoms with E-state index in [1.165, 1.54) is 0 Å². The van der Waals surface area contributed by atoms with Crippen LogP contribution < -0.4 is 0 Å². The largest absolute Gasteiger partial charge is 0.465 e. The molecule has 5 heteroatoms. The molecule has 0 aromatic heterocycles. The van der Waals surface area contributed by atoms with Crippen LogP contribution in [0.1, 0.15) is 31.4 Å². The third-order valence-electron chi connectivity index (χ3n) is 5.49. The Morgan fingerprint density at radius 2 is 1.50 bits per heavy atom. The Balaban J connectivity index is 2.23. The Hall–Kier alpha value is -3.18. The molecule has 3 rings (SSSR count). The molecule has 0 saturated carbocycles. The highest BCUT2D eigenvalue weighted by Crippen LogP contribution is 2.41. The first-order valence-electron chi connectivity index (χ1n) is 10.6. The second-order valence-electron chi connectivity index (χ2n) is 7.58. The van der Waals surface area contributed by atoms with Crippen molar-refractivity contribution in [2.75, 3.05) is 6.61 Å². The molecule has 0 radical (unpaired) electrons. The number of carbonyl (C=O) groups is 1. The number of sulfone groups is 1. The van der Waals surface area contributed by atoms with Gasteiger partial charge in [-0.25, -0.2) is 13.2 Å². The molecule has 0 aliphatic rings. The van der Waals surface area contributed by atoms with Crippen LogP contribution in [-0.4, -0.2) is 21.0 Å². The first-order chi connectivity index (χ1) is 15.4. The maximum absolute atomic E-state index is 14.0. The molecule has 0 fully saturated rings. The topological polar surface area (TPSA) is 60.4 Å². The molecule has 4 nitrogen and oxygen atoms in total. The number of benzene rings is 3. The van der Waals surface area contributed by atoms with Crippen LogP contribution in [0.2, 0.25) is 0 Å². The molecular formula is C27H28O4S. The fourth-order valence-corrected chi connectivity index (χ4v) is 5.64. The minimum atomic E-state index is -4.13. The summed E-state index contributed by atoms with van der Waals surface area (Å²) in [7, 11) is -4.13. The lowest BCUT2D eigenvalue weighted by Crippen LogP contribution is -2.44. The van der Waals surface area contributed by atoms with Crippen molar-refractivity contribution in [2.45, 2.75) is 36.8 Å². The summed E-state index contributed by atoms with van der Waals surface area (Å²) in [5.41, 5.74) is 3.27. The van der Waals surface area contributed by atoms with Crippen LogP contribution in [0.25, 0.3) is 11.1 Å². The predicted octanol–water partition coefficient (Wildman–Crippen LogP) is 5.86. The normalized spacial score (nSPS) is 13.6. The van der Waals surface area contributed by atoms with Gasteiger partial charge in [-0.15, -0.1) is 0 Å². The number of allylic oxidation sites excluding steroid dienone is 2. The second-order valence-corrected chi connectivity index (χ2v) is 9.76. The highest BCUT2D eigenvalue weighted by atomic mass is 32.2. The summed E-state index contributed by atoms with van der Waals surface area (Å²) < 4.78 is 31.5. The van der Waals surface area contributed by atoms with Gasteiger partial charge < -0.3 is 4.74 Å². The van der Waals surface area contributed by atoms with Crippen molar-refractivity contribution < 1.29 is 17.9 Å². The minimum Gasteiger partial charge on any atom is -0.465 e. The van der Waals surface area contributed by atoms with Crippen molar-refractivity contribution in [1.29, 1.82) is 0 Å². The molecule has 0 bridgehead atoms. The second kappa shape index (κ2) is 9.96. The van der Waals surface area contributed by atoms with Gasteiger partial charge in [0.2, 0.25) is 4.75 Å². The maximum atomic E-state index is 14.0. The molecule has 0 aliphatic carbocycles. The summed E-state index contributed by atoms with van der Waals surface area (Å²) in [5.74, 6) is -0.772. The number of carbonyl (C=O) groups excluding carboxylic acids is 1. The van der Waals surface area contributed by atoms with Crippen LogP contribution >= 0.6 is 0 Å². The number of ether oxygens (including phenoxy) is 1.